The molecule has 4 N–H and O–H groups in total. The molecule has 0 spiro atoms. The van der Waals surface area contributed by atoms with Gasteiger partial charge in [0, 0.05) is 17.8 Å². The lowest BCUT2D eigenvalue weighted by Gasteiger charge is -2.24. The molecule has 0 unspecified atom stereocenters. The molecule has 0 aromatic carbocycles. The van der Waals surface area contributed by atoms with Gasteiger partial charge in [-0.1, -0.05) is 0 Å². The Kier molecular flexibility index (Phi) is 10.7. The number of nitrogens with one attached hydrogen (secondary N) is 2. The zero-order valence-electron chi connectivity index (χ0n) is 13.4. The smallest absolute Gasteiger partial charge is 0.224 e. The summed E-state index contributed by atoms with van der Waals surface area (Å²) in [7, 11) is 0. The van der Waals surface area contributed by atoms with Gasteiger partial charge in [-0.25, -0.2) is 0 Å². The van der Waals surface area contributed by atoms with E-state index < -0.39 is 5.41 Å². The van der Waals surface area contributed by atoms with Crippen LogP contribution in [-0.2, 0) is 4.79 Å². The first-order chi connectivity index (χ1) is 8.64. The van der Waals surface area contributed by atoms with E-state index in [-0.39, 0.29) is 34.6 Å². The van der Waals surface area contributed by atoms with Crippen molar-refractivity contribution >= 4 is 47.6 Å². The summed E-state index contributed by atoms with van der Waals surface area (Å²) in [6, 6.07) is 0. The Balaban J connectivity index is 0. The van der Waals surface area contributed by atoms with Crippen molar-refractivity contribution in [2.75, 3.05) is 25.9 Å². The van der Waals surface area contributed by atoms with Gasteiger partial charge in [-0.2, -0.15) is 11.8 Å². The quantitative estimate of drug-likeness (QED) is 0.336. The van der Waals surface area contributed by atoms with Gasteiger partial charge >= 0.3 is 0 Å². The lowest BCUT2D eigenvalue weighted by atomic mass is 9.93. The first kappa shape index (κ1) is 22.1. The van der Waals surface area contributed by atoms with Crippen LogP contribution in [0.4, 0.5) is 0 Å². The van der Waals surface area contributed by atoms with Crippen LogP contribution >= 0.6 is 35.7 Å². The highest BCUT2D eigenvalue weighted by Gasteiger charge is 2.25. The highest BCUT2D eigenvalue weighted by atomic mass is 127. The number of primary amides is 1. The van der Waals surface area contributed by atoms with Gasteiger partial charge in [0.05, 0.1) is 12.0 Å². The van der Waals surface area contributed by atoms with Crippen molar-refractivity contribution < 1.29 is 4.79 Å². The summed E-state index contributed by atoms with van der Waals surface area (Å²) in [6.45, 7) is 11.9. The van der Waals surface area contributed by atoms with Gasteiger partial charge in [0.25, 0.3) is 0 Å². The number of aliphatic imine (C=N–C) groups is 1. The Hall–Kier alpha value is -0.180. The third-order valence-corrected chi connectivity index (χ3v) is 4.11. The number of hydrogen-bond acceptors (Lipinski definition) is 3. The van der Waals surface area contributed by atoms with E-state index in [9.17, 15) is 4.79 Å². The molecule has 0 aliphatic rings. The molecule has 0 atom stereocenters. The Morgan fingerprint density at radius 3 is 2.20 bits per heavy atom. The summed E-state index contributed by atoms with van der Waals surface area (Å²) in [4.78, 5) is 15.8. The van der Waals surface area contributed by atoms with Crippen LogP contribution in [0.3, 0.4) is 0 Å². The second kappa shape index (κ2) is 9.70. The second-order valence-corrected chi connectivity index (χ2v) is 7.27. The number of guanidine groups is 1. The molecular formula is C13H29IN4OS. The summed E-state index contributed by atoms with van der Waals surface area (Å²) in [5, 5.41) is 6.34. The van der Waals surface area contributed by atoms with Gasteiger partial charge < -0.3 is 16.4 Å². The summed E-state index contributed by atoms with van der Waals surface area (Å²) in [5.74, 6) is 0.402. The lowest BCUT2D eigenvalue weighted by molar-refractivity contribution is -0.125. The molecule has 0 radical (unpaired) electrons. The molecule has 0 saturated carbocycles. The Morgan fingerprint density at radius 2 is 1.80 bits per heavy atom. The maximum atomic E-state index is 11.3. The van der Waals surface area contributed by atoms with Gasteiger partial charge in [-0.15, -0.1) is 24.0 Å². The number of amides is 1. The van der Waals surface area contributed by atoms with Crippen molar-refractivity contribution in [1.82, 2.24) is 10.6 Å². The average molecular weight is 416 g/mol. The Morgan fingerprint density at radius 1 is 1.25 bits per heavy atom. The second-order valence-electron chi connectivity index (χ2n) is 5.76. The maximum absolute atomic E-state index is 11.3. The highest BCUT2D eigenvalue weighted by Crippen LogP contribution is 2.21. The minimum Gasteiger partial charge on any atom is -0.369 e. The molecule has 0 fully saturated rings. The largest absolute Gasteiger partial charge is 0.369 e. The number of nitrogens with zero attached hydrogens (tertiary/aromatic N) is 1. The molecule has 7 heteroatoms. The zero-order valence-corrected chi connectivity index (χ0v) is 16.5. The average Bonchev–Trinajstić information content (AvgIpc) is 2.32. The van der Waals surface area contributed by atoms with Gasteiger partial charge in [-0.3, -0.25) is 9.79 Å². The highest BCUT2D eigenvalue weighted by molar-refractivity contribution is 14.0. The fourth-order valence-electron chi connectivity index (χ4n) is 1.07. The van der Waals surface area contributed by atoms with Crippen molar-refractivity contribution in [1.29, 1.82) is 0 Å². The van der Waals surface area contributed by atoms with E-state index >= 15 is 0 Å². The molecule has 20 heavy (non-hydrogen) atoms. The molecule has 0 aromatic heterocycles. The van der Waals surface area contributed by atoms with Crippen LogP contribution in [0.5, 0.6) is 0 Å². The lowest BCUT2D eigenvalue weighted by Crippen LogP contribution is -2.46. The molecule has 0 aromatic rings. The zero-order chi connectivity index (χ0) is 15.1. The number of hydrogen-bond donors (Lipinski definition) is 3. The molecule has 0 bridgehead atoms. The number of carbonyl (C=O) groups excluding carboxylic acids is 1. The van der Waals surface area contributed by atoms with Gasteiger partial charge in [0.1, 0.15) is 0 Å². The van der Waals surface area contributed by atoms with E-state index in [4.69, 9.17) is 5.73 Å². The van der Waals surface area contributed by atoms with E-state index in [2.05, 4.69) is 35.7 Å². The molecule has 0 aliphatic carbocycles. The van der Waals surface area contributed by atoms with E-state index in [1.807, 2.05) is 20.8 Å². The number of carbonyl (C=O) groups is 1. The number of halogens is 1. The van der Waals surface area contributed by atoms with Crippen molar-refractivity contribution in [2.24, 2.45) is 16.1 Å². The van der Waals surface area contributed by atoms with Crippen molar-refractivity contribution in [3.8, 4) is 0 Å². The van der Waals surface area contributed by atoms with Crippen LogP contribution in [0.1, 0.15) is 34.6 Å². The monoisotopic (exact) mass is 416 g/mol. The third-order valence-electron chi connectivity index (χ3n) is 2.88. The third kappa shape index (κ3) is 8.89. The van der Waals surface area contributed by atoms with Crippen LogP contribution in [0.15, 0.2) is 4.99 Å². The fraction of sp³-hybridized carbons (Fsp3) is 0.846. The SMILES string of the molecule is CCNC(=NCC(C)(C)SC)NCC(C)(C)C(N)=O.I. The van der Waals surface area contributed by atoms with Crippen molar-refractivity contribution in [2.45, 2.75) is 39.4 Å². The Labute approximate surface area is 144 Å². The molecule has 0 aliphatic heterocycles. The summed E-state index contributed by atoms with van der Waals surface area (Å²) in [6.07, 6.45) is 2.08. The van der Waals surface area contributed by atoms with E-state index in [1.54, 1.807) is 11.8 Å². The van der Waals surface area contributed by atoms with E-state index in [0.717, 1.165) is 12.5 Å². The molecule has 1 amide bonds. The van der Waals surface area contributed by atoms with Crippen LogP contribution in [0.2, 0.25) is 0 Å². The molecule has 0 saturated heterocycles. The standard InChI is InChI=1S/C13H28N4OS.HI/c1-7-15-11(17-9-13(4,5)19-6)16-8-12(2,3)10(14)18;/h7-9H2,1-6H3,(H2,14,18)(H2,15,16,17);1H. The van der Waals surface area contributed by atoms with E-state index in [1.165, 1.54) is 0 Å². The topological polar surface area (TPSA) is 79.5 Å². The predicted molar refractivity (Wildman–Crippen MR) is 100.0 cm³/mol. The van der Waals surface area contributed by atoms with Crippen LogP contribution in [0, 0.1) is 5.41 Å². The first-order valence-electron chi connectivity index (χ1n) is 6.52. The van der Waals surface area contributed by atoms with Crippen molar-refractivity contribution in [3.63, 3.8) is 0 Å². The number of thioether (sulfide) groups is 1. The predicted octanol–water partition coefficient (Wildman–Crippen LogP) is 1.81. The maximum Gasteiger partial charge on any atom is 0.224 e. The van der Waals surface area contributed by atoms with Gasteiger partial charge in [-0.05, 0) is 40.9 Å². The molecule has 0 heterocycles. The fourth-order valence-corrected chi connectivity index (χ4v) is 1.26. The summed E-state index contributed by atoms with van der Waals surface area (Å²) < 4.78 is 0.0988. The van der Waals surface area contributed by atoms with Gasteiger partial charge in [0.2, 0.25) is 5.91 Å². The normalized spacial score (nSPS) is 12.6. The molecule has 120 valence electrons. The molecular weight excluding hydrogens is 387 g/mol. The molecule has 5 nitrogen and oxygen atoms in total. The number of rotatable bonds is 7. The van der Waals surface area contributed by atoms with Gasteiger partial charge in [0.15, 0.2) is 5.96 Å². The minimum absolute atomic E-state index is 0. The van der Waals surface area contributed by atoms with Crippen LogP contribution in [0.25, 0.3) is 0 Å². The first-order valence-corrected chi connectivity index (χ1v) is 7.74. The van der Waals surface area contributed by atoms with Crippen LogP contribution < -0.4 is 16.4 Å². The van der Waals surface area contributed by atoms with E-state index in [0.29, 0.717) is 13.1 Å². The Bertz CT molecular complexity index is 332. The van der Waals surface area contributed by atoms with Crippen LogP contribution in [-0.4, -0.2) is 42.5 Å². The number of nitrogens with two attached hydrogens (primary N) is 1. The minimum atomic E-state index is -0.592. The summed E-state index contributed by atoms with van der Waals surface area (Å²) >= 11 is 1.78. The molecule has 0 rings (SSSR count). The summed E-state index contributed by atoms with van der Waals surface area (Å²) in [5.41, 5.74) is 4.76. The van der Waals surface area contributed by atoms with Crippen molar-refractivity contribution in [3.05, 3.63) is 0 Å².